The SMILES string of the molecule is COCCCc1cc(C(=O)NS2(=O)=NC(=O)c3ccc4c(c3)N(C[C@@H]3CC[C@H]3[C@@H](OC)/C=C\C[C@H](C)C2)C[C@@]2(CCCc3cc(Cl)ccc32)CO4)n(C)n1. The number of hydrogen-bond acceptors (Lipinski definition) is 8. The largest absolute Gasteiger partial charge is 0.490 e. The van der Waals surface area contributed by atoms with Gasteiger partial charge in [0.1, 0.15) is 21.4 Å². The van der Waals surface area contributed by atoms with Crippen molar-refractivity contribution < 1.29 is 28.0 Å². The highest BCUT2D eigenvalue weighted by Gasteiger charge is 2.44. The summed E-state index contributed by atoms with van der Waals surface area (Å²) in [5.74, 6) is -0.0134. The summed E-state index contributed by atoms with van der Waals surface area (Å²) in [7, 11) is 1.50. The highest BCUT2D eigenvalue weighted by molar-refractivity contribution is 7.92. The van der Waals surface area contributed by atoms with Crippen molar-refractivity contribution in [1.82, 2.24) is 14.5 Å². The highest BCUT2D eigenvalue weighted by Crippen LogP contribution is 2.47. The van der Waals surface area contributed by atoms with E-state index in [2.05, 4.69) is 43.4 Å². The zero-order valence-corrected chi connectivity index (χ0v) is 33.3. The van der Waals surface area contributed by atoms with Crippen LogP contribution in [-0.2, 0) is 44.7 Å². The van der Waals surface area contributed by atoms with Gasteiger partial charge in [0.05, 0.1) is 29.8 Å². The summed E-state index contributed by atoms with van der Waals surface area (Å²) in [4.78, 5) is 30.2. The molecule has 1 unspecified atom stereocenters. The summed E-state index contributed by atoms with van der Waals surface area (Å²) < 4.78 is 41.1. The Morgan fingerprint density at radius 2 is 2.02 bits per heavy atom. The van der Waals surface area contributed by atoms with Crippen molar-refractivity contribution in [2.75, 3.05) is 51.2 Å². The predicted molar refractivity (Wildman–Crippen MR) is 211 cm³/mol. The number of aromatic nitrogens is 2. The van der Waals surface area contributed by atoms with Gasteiger partial charge in [-0.1, -0.05) is 36.7 Å². The van der Waals surface area contributed by atoms with Gasteiger partial charge in [-0.3, -0.25) is 19.0 Å². The van der Waals surface area contributed by atoms with E-state index in [0.717, 1.165) is 61.5 Å². The van der Waals surface area contributed by atoms with Gasteiger partial charge in [0, 0.05) is 57.0 Å². The number of nitrogens with zero attached hydrogens (tertiary/aromatic N) is 4. The zero-order chi connectivity index (χ0) is 38.0. The van der Waals surface area contributed by atoms with E-state index in [4.69, 9.17) is 25.8 Å². The number of benzene rings is 2. The molecule has 1 N–H and O–H groups in total. The monoisotopic (exact) mass is 777 g/mol. The molecule has 290 valence electrons. The maximum absolute atomic E-state index is 14.7. The Kier molecular flexibility index (Phi) is 11.6. The van der Waals surface area contributed by atoms with Gasteiger partial charge in [-0.15, -0.1) is 4.36 Å². The molecule has 2 amide bonds. The topological polar surface area (TPSA) is 124 Å². The van der Waals surface area contributed by atoms with Crippen LogP contribution in [0.3, 0.4) is 0 Å². The summed E-state index contributed by atoms with van der Waals surface area (Å²) in [6.45, 7) is 4.51. The van der Waals surface area contributed by atoms with Gasteiger partial charge in [-0.25, -0.2) is 4.21 Å². The second-order valence-corrected chi connectivity index (χ2v) is 18.1. The molecule has 7 rings (SSSR count). The molecule has 3 aromatic rings. The van der Waals surface area contributed by atoms with Crippen LogP contribution < -0.4 is 14.4 Å². The molecule has 0 saturated heterocycles. The van der Waals surface area contributed by atoms with Crippen molar-refractivity contribution in [1.29, 1.82) is 0 Å². The fraction of sp³-hybridized carbons (Fsp3) is 0.537. The third kappa shape index (κ3) is 8.12. The molecule has 54 heavy (non-hydrogen) atoms. The molecule has 4 aliphatic rings. The van der Waals surface area contributed by atoms with Crippen molar-refractivity contribution in [3.63, 3.8) is 0 Å². The lowest BCUT2D eigenvalue weighted by Gasteiger charge is -2.46. The maximum Gasteiger partial charge on any atom is 0.286 e. The minimum absolute atomic E-state index is 0.0107. The molecule has 3 heterocycles. The average Bonchev–Trinajstić information content (AvgIpc) is 3.43. The van der Waals surface area contributed by atoms with Gasteiger partial charge in [-0.05, 0) is 117 Å². The second kappa shape index (κ2) is 16.2. The van der Waals surface area contributed by atoms with Crippen molar-refractivity contribution in [3.05, 3.63) is 87.7 Å². The first-order valence-corrected chi connectivity index (χ1v) is 21.2. The van der Waals surface area contributed by atoms with Gasteiger partial charge in [0.25, 0.3) is 11.8 Å². The normalized spacial score (nSPS) is 28.8. The Morgan fingerprint density at radius 3 is 2.80 bits per heavy atom. The fourth-order valence-corrected chi connectivity index (χ4v) is 10.9. The van der Waals surface area contributed by atoms with Gasteiger partial charge in [0.2, 0.25) is 0 Å². The third-order valence-electron chi connectivity index (χ3n) is 11.7. The van der Waals surface area contributed by atoms with Crippen LogP contribution in [-0.4, -0.2) is 78.2 Å². The summed E-state index contributed by atoms with van der Waals surface area (Å²) in [5.41, 5.74) is 4.33. The standard InChI is InChI=1S/C41H52ClN5O6S/c1-27-8-5-11-37(52-4)33-15-12-30(33)23-47-25-41(18-6-9-28-20-31(42)14-16-34(28)41)26-53-38-17-13-29(21-35(38)47)39(48)44-54(50,24-27)45-40(49)36-22-32(43-46(36)2)10-7-19-51-3/h5,11,13-14,16-17,20-22,27,30,33,37H,6-10,12,15,18-19,23-26H2,1-4H3,(H,44,45,48,49,50)/b11-5-/t27-,30-,33+,37-,41-,54?/m0/s1. The molecule has 2 aliphatic carbocycles. The lowest BCUT2D eigenvalue weighted by Crippen LogP contribution is -2.49. The first-order valence-electron chi connectivity index (χ1n) is 19.1. The average molecular weight is 778 g/mol. The van der Waals surface area contributed by atoms with E-state index in [0.29, 0.717) is 50.2 Å². The number of fused-ring (bicyclic) bond motifs is 4. The first-order chi connectivity index (χ1) is 26.0. The quantitative estimate of drug-likeness (QED) is 0.207. The molecule has 1 spiro atoms. The van der Waals surface area contributed by atoms with Crippen LogP contribution >= 0.6 is 11.6 Å². The molecular formula is C41H52ClN5O6S. The molecule has 0 radical (unpaired) electrons. The molecule has 2 aliphatic heterocycles. The van der Waals surface area contributed by atoms with Crippen LogP contribution in [0.1, 0.15) is 83.1 Å². The fourth-order valence-electron chi connectivity index (χ4n) is 8.82. The smallest absolute Gasteiger partial charge is 0.286 e. The molecular weight excluding hydrogens is 726 g/mol. The van der Waals surface area contributed by atoms with Crippen molar-refractivity contribution in [2.24, 2.45) is 29.2 Å². The van der Waals surface area contributed by atoms with Gasteiger partial charge in [0.15, 0.2) is 0 Å². The number of anilines is 1. The Hall–Kier alpha value is -3.71. The van der Waals surface area contributed by atoms with Gasteiger partial charge >= 0.3 is 0 Å². The Balaban J connectivity index is 1.27. The molecule has 2 bridgehead atoms. The molecule has 13 heteroatoms. The van der Waals surface area contributed by atoms with Crippen LogP contribution in [0.25, 0.3) is 0 Å². The van der Waals surface area contributed by atoms with E-state index in [1.807, 2.05) is 25.1 Å². The number of aryl methyl sites for hydroxylation is 3. The van der Waals surface area contributed by atoms with Crippen LogP contribution in [0.4, 0.5) is 5.69 Å². The molecule has 1 aromatic heterocycles. The van der Waals surface area contributed by atoms with Crippen LogP contribution in [0.15, 0.2) is 59.0 Å². The molecule has 6 atom stereocenters. The van der Waals surface area contributed by atoms with E-state index >= 15 is 0 Å². The van der Waals surface area contributed by atoms with E-state index in [9.17, 15) is 13.8 Å². The minimum atomic E-state index is -3.57. The number of hydrogen-bond donors (Lipinski definition) is 1. The highest BCUT2D eigenvalue weighted by atomic mass is 35.5. The second-order valence-electron chi connectivity index (χ2n) is 15.6. The number of nitrogens with one attached hydrogen (secondary N) is 1. The van der Waals surface area contributed by atoms with Crippen molar-refractivity contribution in [2.45, 2.75) is 69.8 Å². The van der Waals surface area contributed by atoms with Crippen LogP contribution in [0.5, 0.6) is 5.75 Å². The zero-order valence-electron chi connectivity index (χ0n) is 31.7. The number of allylic oxidation sites excluding steroid dienone is 1. The predicted octanol–water partition coefficient (Wildman–Crippen LogP) is 6.72. The third-order valence-corrected chi connectivity index (χ3v) is 13.9. The van der Waals surface area contributed by atoms with Crippen molar-refractivity contribution in [3.8, 4) is 5.75 Å². The Labute approximate surface area is 324 Å². The van der Waals surface area contributed by atoms with E-state index in [1.54, 1.807) is 33.4 Å². The van der Waals surface area contributed by atoms with E-state index < -0.39 is 21.7 Å². The van der Waals surface area contributed by atoms with Crippen molar-refractivity contribution >= 4 is 39.0 Å². The summed E-state index contributed by atoms with van der Waals surface area (Å²) in [6.07, 6.45) is 11.2. The number of rotatable bonds is 7. The molecule has 1 saturated carbocycles. The number of halogens is 1. The summed E-state index contributed by atoms with van der Waals surface area (Å²) in [6, 6.07) is 13.3. The molecule has 2 aromatic carbocycles. The number of amides is 2. The first kappa shape index (κ1) is 38.6. The van der Waals surface area contributed by atoms with Gasteiger partial charge < -0.3 is 19.1 Å². The van der Waals surface area contributed by atoms with Crippen LogP contribution in [0.2, 0.25) is 5.02 Å². The Bertz CT molecular complexity index is 2040. The lowest BCUT2D eigenvalue weighted by atomic mass is 9.68. The molecule has 1 fully saturated rings. The Morgan fingerprint density at radius 1 is 1.17 bits per heavy atom. The minimum Gasteiger partial charge on any atom is -0.490 e. The summed E-state index contributed by atoms with van der Waals surface area (Å²) in [5, 5.41) is 5.21. The summed E-state index contributed by atoms with van der Waals surface area (Å²) >= 11 is 6.47. The maximum atomic E-state index is 14.7. The number of methoxy groups -OCH3 is 2. The van der Waals surface area contributed by atoms with E-state index in [-0.39, 0.29) is 34.4 Å². The van der Waals surface area contributed by atoms with Gasteiger partial charge in [-0.2, -0.15) is 5.10 Å². The van der Waals surface area contributed by atoms with E-state index in [1.165, 1.54) is 15.8 Å². The lowest BCUT2D eigenvalue weighted by molar-refractivity contribution is 0.0131. The number of ether oxygens (including phenoxy) is 3. The number of carbonyl (C=O) groups is 2. The molecule has 11 nitrogen and oxygen atoms in total. The number of carbonyl (C=O) groups excluding carboxylic acids is 2. The van der Waals surface area contributed by atoms with Crippen LogP contribution in [0, 0.1) is 17.8 Å².